The minimum Gasteiger partial charge on any atom is -0.479 e. The summed E-state index contributed by atoms with van der Waals surface area (Å²) in [7, 11) is 0. The lowest BCUT2D eigenvalue weighted by atomic mass is 9.99. The zero-order valence-electron chi connectivity index (χ0n) is 38.4. The molecule has 1 rings (SSSR count). The van der Waals surface area contributed by atoms with E-state index in [1.54, 1.807) is 0 Å². The van der Waals surface area contributed by atoms with Crippen molar-refractivity contribution in [2.45, 2.75) is 250 Å². The summed E-state index contributed by atoms with van der Waals surface area (Å²) in [5.74, 6) is -2.46. The van der Waals surface area contributed by atoms with Crippen LogP contribution in [0.1, 0.15) is 213 Å². The number of carbonyl (C=O) groups is 3. The summed E-state index contributed by atoms with van der Waals surface area (Å²) >= 11 is 0. The number of carboxylic acids is 1. The molecule has 1 heterocycles. The lowest BCUT2D eigenvalue weighted by molar-refractivity contribution is -0.298. The molecule has 0 radical (unpaired) electrons. The Bertz CT molecular complexity index is 1150. The number of rotatable bonds is 41. The zero-order valence-corrected chi connectivity index (χ0v) is 38.4. The predicted octanol–water partition coefficient (Wildman–Crippen LogP) is 11.2. The lowest BCUT2D eigenvalue weighted by Gasteiger charge is -2.38. The smallest absolute Gasteiger partial charge is 0.335 e. The van der Waals surface area contributed by atoms with Gasteiger partial charge in [-0.25, -0.2) is 4.79 Å². The van der Waals surface area contributed by atoms with Crippen molar-refractivity contribution in [1.29, 1.82) is 0 Å². The van der Waals surface area contributed by atoms with Crippen LogP contribution in [0.25, 0.3) is 0 Å². The Balaban J connectivity index is 2.34. The normalized spacial score (nSPS) is 19.9. The van der Waals surface area contributed by atoms with E-state index in [2.05, 4.69) is 50.3 Å². The Morgan fingerprint density at radius 3 is 1.39 bits per heavy atom. The van der Waals surface area contributed by atoms with Gasteiger partial charge in [0, 0.05) is 12.8 Å². The second-order valence-corrected chi connectivity index (χ2v) is 16.9. The molecule has 11 heteroatoms. The van der Waals surface area contributed by atoms with Crippen molar-refractivity contribution in [1.82, 2.24) is 0 Å². The van der Waals surface area contributed by atoms with Crippen LogP contribution < -0.4 is 0 Å². The summed E-state index contributed by atoms with van der Waals surface area (Å²) in [6, 6.07) is 0. The molecule has 4 N–H and O–H groups in total. The largest absolute Gasteiger partial charge is 0.479 e. The van der Waals surface area contributed by atoms with Crippen molar-refractivity contribution in [3.63, 3.8) is 0 Å². The van der Waals surface area contributed by atoms with Crippen LogP contribution in [0.2, 0.25) is 0 Å². The van der Waals surface area contributed by atoms with E-state index in [-0.39, 0.29) is 19.4 Å². The van der Waals surface area contributed by atoms with E-state index in [1.165, 1.54) is 109 Å². The van der Waals surface area contributed by atoms with Gasteiger partial charge in [0.05, 0.1) is 6.61 Å². The van der Waals surface area contributed by atoms with Crippen molar-refractivity contribution in [2.24, 2.45) is 0 Å². The minimum atomic E-state index is -1.86. The molecule has 354 valence electrons. The molecular formula is C50H88O11. The number of allylic oxidation sites excluding steroid dienone is 6. The summed E-state index contributed by atoms with van der Waals surface area (Å²) in [6.45, 7) is 3.79. The summed E-state index contributed by atoms with van der Waals surface area (Å²) < 4.78 is 21.8. The van der Waals surface area contributed by atoms with Crippen molar-refractivity contribution in [3.8, 4) is 0 Å². The molecule has 1 aliphatic rings. The Kier molecular flexibility index (Phi) is 37.2. The first kappa shape index (κ1) is 56.4. The van der Waals surface area contributed by atoms with E-state index in [1.807, 2.05) is 0 Å². The maximum absolute atomic E-state index is 12.8. The van der Waals surface area contributed by atoms with Gasteiger partial charge in [0.1, 0.15) is 24.9 Å². The Labute approximate surface area is 370 Å². The quantitative estimate of drug-likeness (QED) is 0.0262. The number of unbranched alkanes of at least 4 members (excludes halogenated alkanes) is 24. The molecule has 0 amide bonds. The first-order valence-electron chi connectivity index (χ1n) is 24.5. The van der Waals surface area contributed by atoms with E-state index >= 15 is 0 Å². The van der Waals surface area contributed by atoms with Gasteiger partial charge in [-0.2, -0.15) is 0 Å². The van der Waals surface area contributed by atoms with Crippen molar-refractivity contribution in [3.05, 3.63) is 36.5 Å². The zero-order chi connectivity index (χ0) is 44.6. The van der Waals surface area contributed by atoms with Gasteiger partial charge in [-0.05, 0) is 70.6 Å². The van der Waals surface area contributed by atoms with E-state index in [4.69, 9.17) is 18.9 Å². The molecule has 0 aliphatic carbocycles. The van der Waals surface area contributed by atoms with Crippen molar-refractivity contribution in [2.75, 3.05) is 13.2 Å². The number of esters is 2. The van der Waals surface area contributed by atoms with Gasteiger partial charge in [0.25, 0.3) is 0 Å². The topological polar surface area (TPSA) is 169 Å². The van der Waals surface area contributed by atoms with Gasteiger partial charge >= 0.3 is 17.9 Å². The third-order valence-electron chi connectivity index (χ3n) is 11.2. The van der Waals surface area contributed by atoms with Crippen LogP contribution >= 0.6 is 0 Å². The molecule has 1 aliphatic heterocycles. The van der Waals surface area contributed by atoms with Gasteiger partial charge in [-0.1, -0.05) is 166 Å². The molecule has 11 nitrogen and oxygen atoms in total. The standard InChI is InChI=1S/C50H88O11/c1-3-5-7-9-11-13-15-17-19-21-22-23-25-27-29-31-33-35-37-39-44(52)60-42(41-59-50-47(55)45(53)46(54)48(61-50)49(56)57)40-58-43(51)38-36-34-32-30-28-26-24-20-18-16-14-12-10-8-6-4-2/h14,16-17,19-20,24,42,45-48,50,53-55H,3-13,15,18,21-23,25-41H2,1-2H3,(H,56,57)/b16-14-,19-17-,24-20-. The fraction of sp³-hybridized carbons (Fsp3) is 0.820. The minimum absolute atomic E-state index is 0.178. The number of hydrogen-bond acceptors (Lipinski definition) is 10. The van der Waals surface area contributed by atoms with E-state index < -0.39 is 61.3 Å². The highest BCUT2D eigenvalue weighted by Crippen LogP contribution is 2.23. The second-order valence-electron chi connectivity index (χ2n) is 16.9. The predicted molar refractivity (Wildman–Crippen MR) is 243 cm³/mol. The van der Waals surface area contributed by atoms with Crippen LogP contribution in [0, 0.1) is 0 Å². The lowest BCUT2D eigenvalue weighted by Crippen LogP contribution is -2.60. The number of aliphatic hydroxyl groups excluding tert-OH is 3. The van der Waals surface area contributed by atoms with E-state index in [0.717, 1.165) is 64.2 Å². The van der Waals surface area contributed by atoms with Crippen LogP contribution in [0.4, 0.5) is 0 Å². The third-order valence-corrected chi connectivity index (χ3v) is 11.2. The van der Waals surface area contributed by atoms with Gasteiger partial charge in [0.15, 0.2) is 18.5 Å². The SMILES string of the molecule is CCCCCC/C=C\C/C=C\CCCCCCCC(=O)OCC(COC1OC(C(=O)O)C(O)C(O)C1O)OC(=O)CCCCCCCCCCC/C=C\CCCCCCCC. The molecule has 1 saturated heterocycles. The van der Waals surface area contributed by atoms with E-state index in [9.17, 15) is 34.8 Å². The van der Waals surface area contributed by atoms with Crippen molar-refractivity contribution >= 4 is 17.9 Å². The fourth-order valence-electron chi connectivity index (χ4n) is 7.32. The molecule has 61 heavy (non-hydrogen) atoms. The molecule has 0 spiro atoms. The number of aliphatic carboxylic acids is 1. The molecule has 0 saturated carbocycles. The van der Waals surface area contributed by atoms with Gasteiger partial charge in [0.2, 0.25) is 0 Å². The second kappa shape index (κ2) is 40.2. The number of carboxylic acid groups (broad SMARTS) is 1. The Morgan fingerprint density at radius 2 is 0.918 bits per heavy atom. The Morgan fingerprint density at radius 1 is 0.508 bits per heavy atom. The maximum atomic E-state index is 12.8. The highest BCUT2D eigenvalue weighted by molar-refractivity contribution is 5.73. The molecule has 1 fully saturated rings. The number of ether oxygens (including phenoxy) is 4. The molecule has 0 aromatic heterocycles. The van der Waals surface area contributed by atoms with Crippen LogP contribution in [0.15, 0.2) is 36.5 Å². The molecule has 6 atom stereocenters. The summed E-state index contributed by atoms with van der Waals surface area (Å²) in [5, 5.41) is 39.9. The van der Waals surface area contributed by atoms with E-state index in [0.29, 0.717) is 12.8 Å². The van der Waals surface area contributed by atoms with Crippen molar-refractivity contribution < 1.29 is 53.8 Å². The van der Waals surface area contributed by atoms with Gasteiger partial charge in [-0.15, -0.1) is 0 Å². The number of hydrogen-bond donors (Lipinski definition) is 4. The summed E-state index contributed by atoms with van der Waals surface area (Å²) in [6.07, 6.45) is 37.6. The van der Waals surface area contributed by atoms with Gasteiger partial charge in [-0.3, -0.25) is 9.59 Å². The number of aliphatic hydroxyl groups is 3. The molecule has 6 unspecified atom stereocenters. The molecule has 0 aromatic carbocycles. The molecule has 0 aromatic rings. The summed E-state index contributed by atoms with van der Waals surface area (Å²) in [5.41, 5.74) is 0. The highest BCUT2D eigenvalue weighted by Gasteiger charge is 2.47. The van der Waals surface area contributed by atoms with Crippen LogP contribution in [-0.4, -0.2) is 88.4 Å². The monoisotopic (exact) mass is 865 g/mol. The number of carbonyl (C=O) groups excluding carboxylic acids is 2. The summed E-state index contributed by atoms with van der Waals surface area (Å²) in [4.78, 5) is 36.9. The molecule has 0 bridgehead atoms. The fourth-order valence-corrected chi connectivity index (χ4v) is 7.32. The average molecular weight is 865 g/mol. The maximum Gasteiger partial charge on any atom is 0.335 e. The highest BCUT2D eigenvalue weighted by atomic mass is 16.7. The first-order chi connectivity index (χ1) is 29.7. The van der Waals surface area contributed by atoms with Crippen LogP contribution in [0.5, 0.6) is 0 Å². The van der Waals surface area contributed by atoms with Crippen LogP contribution in [0.3, 0.4) is 0 Å². The third kappa shape index (κ3) is 31.9. The van der Waals surface area contributed by atoms with Gasteiger partial charge < -0.3 is 39.4 Å². The first-order valence-corrected chi connectivity index (χ1v) is 24.5. The average Bonchev–Trinajstić information content (AvgIpc) is 3.24. The Hall–Kier alpha value is -2.57. The molecular weight excluding hydrogens is 777 g/mol. The van der Waals surface area contributed by atoms with Crippen LogP contribution in [-0.2, 0) is 33.3 Å².